The average molecular weight is 407 g/mol. The molecule has 0 aliphatic rings. The lowest BCUT2D eigenvalue weighted by Gasteiger charge is -2.15. The molecule has 2 aromatic rings. The van der Waals surface area contributed by atoms with Crippen LogP contribution in [-0.2, 0) is 14.8 Å². The highest BCUT2D eigenvalue weighted by Gasteiger charge is 2.22. The van der Waals surface area contributed by atoms with E-state index < -0.39 is 10.0 Å². The van der Waals surface area contributed by atoms with Crippen LogP contribution in [-0.4, -0.2) is 46.1 Å². The van der Waals surface area contributed by atoms with Gasteiger partial charge in [0.25, 0.3) is 0 Å². The number of anilines is 1. The first-order valence-electron chi connectivity index (χ1n) is 8.01. The fourth-order valence-corrected chi connectivity index (χ4v) is 3.72. The predicted molar refractivity (Wildman–Crippen MR) is 110 cm³/mol. The van der Waals surface area contributed by atoms with Gasteiger partial charge in [-0.25, -0.2) is 12.7 Å². The minimum atomic E-state index is -3.66. The lowest BCUT2D eigenvalue weighted by Crippen LogP contribution is -2.22. The molecule has 27 heavy (non-hydrogen) atoms. The molecule has 0 atom stereocenters. The first kappa shape index (κ1) is 21.0. The van der Waals surface area contributed by atoms with Crippen LogP contribution < -0.4 is 10.1 Å². The Morgan fingerprint density at radius 1 is 1.15 bits per heavy atom. The van der Waals surface area contributed by atoms with Crippen molar-refractivity contribution in [3.63, 3.8) is 0 Å². The summed E-state index contributed by atoms with van der Waals surface area (Å²) in [6.07, 6.45) is 4.89. The van der Waals surface area contributed by atoms with Crippen LogP contribution in [0.2, 0.25) is 0 Å². The normalized spacial score (nSPS) is 11.7. The second-order valence-corrected chi connectivity index (χ2v) is 8.75. The lowest BCUT2D eigenvalue weighted by molar-refractivity contribution is -0.111. The van der Waals surface area contributed by atoms with E-state index >= 15 is 0 Å². The second kappa shape index (κ2) is 9.07. The molecule has 0 unspecified atom stereocenters. The molecule has 0 saturated carbocycles. The van der Waals surface area contributed by atoms with Gasteiger partial charge in [-0.3, -0.25) is 4.79 Å². The number of nitrogens with one attached hydrogen (secondary N) is 1. The zero-order chi connectivity index (χ0) is 20.0. The SMILES string of the molecule is COc1ccc(/C=C/C(=O)Nc2ccc(SC)cc2)cc1S(=O)(=O)N(C)C. The van der Waals surface area contributed by atoms with Gasteiger partial charge in [0.15, 0.2) is 0 Å². The third-order valence-corrected chi connectivity index (χ3v) is 6.31. The Morgan fingerprint density at radius 2 is 1.81 bits per heavy atom. The van der Waals surface area contributed by atoms with Gasteiger partial charge < -0.3 is 10.1 Å². The van der Waals surface area contributed by atoms with E-state index in [0.29, 0.717) is 11.3 Å². The van der Waals surface area contributed by atoms with Gasteiger partial charge in [-0.05, 0) is 54.3 Å². The molecule has 2 rings (SSSR count). The molecule has 0 aliphatic heterocycles. The van der Waals surface area contributed by atoms with Crippen LogP contribution in [0.5, 0.6) is 5.75 Å². The van der Waals surface area contributed by atoms with Crippen LogP contribution in [0.3, 0.4) is 0 Å². The number of benzene rings is 2. The highest BCUT2D eigenvalue weighted by Crippen LogP contribution is 2.27. The molecular weight excluding hydrogens is 384 g/mol. The summed E-state index contributed by atoms with van der Waals surface area (Å²) in [5, 5.41) is 2.76. The molecule has 2 aromatic carbocycles. The Labute approximate surface area is 164 Å². The summed E-state index contributed by atoms with van der Waals surface area (Å²) in [6.45, 7) is 0. The van der Waals surface area contributed by atoms with E-state index in [4.69, 9.17) is 4.74 Å². The van der Waals surface area contributed by atoms with E-state index in [2.05, 4.69) is 5.32 Å². The number of carbonyl (C=O) groups excluding carboxylic acids is 1. The Balaban J connectivity index is 2.19. The van der Waals surface area contributed by atoms with Gasteiger partial charge in [0.2, 0.25) is 15.9 Å². The summed E-state index contributed by atoms with van der Waals surface area (Å²) >= 11 is 1.62. The number of sulfonamides is 1. The zero-order valence-electron chi connectivity index (χ0n) is 15.6. The third kappa shape index (κ3) is 5.35. The molecule has 8 heteroatoms. The van der Waals surface area contributed by atoms with Gasteiger partial charge in [-0.1, -0.05) is 6.07 Å². The van der Waals surface area contributed by atoms with Crippen molar-refractivity contribution in [3.05, 3.63) is 54.1 Å². The average Bonchev–Trinajstić information content (AvgIpc) is 2.66. The third-order valence-electron chi connectivity index (χ3n) is 3.73. The molecule has 144 valence electrons. The van der Waals surface area contributed by atoms with Gasteiger partial charge >= 0.3 is 0 Å². The van der Waals surface area contributed by atoms with Crippen molar-refractivity contribution in [3.8, 4) is 5.75 Å². The molecule has 1 amide bonds. The van der Waals surface area contributed by atoms with Crippen molar-refractivity contribution in [2.45, 2.75) is 9.79 Å². The van der Waals surface area contributed by atoms with Gasteiger partial charge in [0.05, 0.1) is 7.11 Å². The van der Waals surface area contributed by atoms with Crippen LogP contribution in [0.1, 0.15) is 5.56 Å². The number of hydrogen-bond donors (Lipinski definition) is 1. The number of nitrogens with zero attached hydrogens (tertiary/aromatic N) is 1. The lowest BCUT2D eigenvalue weighted by atomic mass is 10.2. The van der Waals surface area contributed by atoms with E-state index in [1.807, 2.05) is 30.5 Å². The molecule has 0 saturated heterocycles. The molecule has 1 N–H and O–H groups in total. The summed E-state index contributed by atoms with van der Waals surface area (Å²) in [5.41, 5.74) is 1.26. The second-order valence-electron chi connectivity index (χ2n) is 5.75. The summed E-state index contributed by atoms with van der Waals surface area (Å²) in [6, 6.07) is 12.2. The summed E-state index contributed by atoms with van der Waals surface area (Å²) in [7, 11) is 0.651. The van der Waals surface area contributed by atoms with Crippen molar-refractivity contribution in [2.75, 3.05) is 32.8 Å². The maximum Gasteiger partial charge on any atom is 0.248 e. The Kier molecular flexibility index (Phi) is 7.06. The van der Waals surface area contributed by atoms with Crippen molar-refractivity contribution < 1.29 is 17.9 Å². The van der Waals surface area contributed by atoms with Crippen LogP contribution in [0.4, 0.5) is 5.69 Å². The van der Waals surface area contributed by atoms with E-state index in [1.165, 1.54) is 33.3 Å². The highest BCUT2D eigenvalue weighted by molar-refractivity contribution is 7.98. The van der Waals surface area contributed by atoms with Crippen LogP contribution >= 0.6 is 11.8 Å². The van der Waals surface area contributed by atoms with Gasteiger partial charge in [-0.2, -0.15) is 0 Å². The van der Waals surface area contributed by atoms with Crippen LogP contribution in [0, 0.1) is 0 Å². The van der Waals surface area contributed by atoms with E-state index in [1.54, 1.807) is 30.0 Å². The van der Waals surface area contributed by atoms with E-state index in [0.717, 1.165) is 9.20 Å². The van der Waals surface area contributed by atoms with E-state index in [-0.39, 0.29) is 16.6 Å². The van der Waals surface area contributed by atoms with Gasteiger partial charge in [0, 0.05) is 30.8 Å². The molecule has 0 radical (unpaired) electrons. The van der Waals surface area contributed by atoms with Crippen molar-refractivity contribution in [1.29, 1.82) is 0 Å². The maximum atomic E-state index is 12.4. The molecule has 0 spiro atoms. The topological polar surface area (TPSA) is 75.7 Å². The van der Waals surface area contributed by atoms with Gasteiger partial charge in [0.1, 0.15) is 10.6 Å². The number of ether oxygens (including phenoxy) is 1. The summed E-state index contributed by atoms with van der Waals surface area (Å²) in [4.78, 5) is 13.3. The molecule has 0 fully saturated rings. The zero-order valence-corrected chi connectivity index (χ0v) is 17.2. The monoisotopic (exact) mass is 406 g/mol. The predicted octanol–water partition coefficient (Wildman–Crippen LogP) is 3.32. The fraction of sp³-hybridized carbons (Fsp3) is 0.211. The van der Waals surface area contributed by atoms with Gasteiger partial charge in [-0.15, -0.1) is 11.8 Å². The van der Waals surface area contributed by atoms with Crippen molar-refractivity contribution in [1.82, 2.24) is 4.31 Å². The minimum absolute atomic E-state index is 0.0465. The quantitative estimate of drug-likeness (QED) is 0.564. The number of carbonyl (C=O) groups is 1. The first-order valence-corrected chi connectivity index (χ1v) is 10.7. The molecule has 0 heterocycles. The Morgan fingerprint density at radius 3 is 2.37 bits per heavy atom. The fourth-order valence-electron chi connectivity index (χ4n) is 2.23. The number of methoxy groups -OCH3 is 1. The first-order chi connectivity index (χ1) is 12.8. The smallest absolute Gasteiger partial charge is 0.248 e. The van der Waals surface area contributed by atoms with Crippen LogP contribution in [0.15, 0.2) is 58.3 Å². The highest BCUT2D eigenvalue weighted by atomic mass is 32.2. The summed E-state index contributed by atoms with van der Waals surface area (Å²) < 4.78 is 31.1. The maximum absolute atomic E-state index is 12.4. The molecule has 0 bridgehead atoms. The molecular formula is C19H22N2O4S2. The van der Waals surface area contributed by atoms with Crippen molar-refractivity contribution in [2.24, 2.45) is 0 Å². The number of amides is 1. The van der Waals surface area contributed by atoms with E-state index in [9.17, 15) is 13.2 Å². The molecule has 6 nitrogen and oxygen atoms in total. The standard InChI is InChI=1S/C19H22N2O4S2/c1-21(2)27(23,24)18-13-14(5-11-17(18)25-3)6-12-19(22)20-15-7-9-16(26-4)10-8-15/h5-13H,1-4H3,(H,20,22)/b12-6+. The number of thioether (sulfide) groups is 1. The molecule has 0 aromatic heterocycles. The summed E-state index contributed by atoms with van der Waals surface area (Å²) in [5.74, 6) is -0.0566. The largest absolute Gasteiger partial charge is 0.495 e. The van der Waals surface area contributed by atoms with Crippen LogP contribution in [0.25, 0.3) is 6.08 Å². The Hall–Kier alpha value is -2.29. The number of hydrogen-bond acceptors (Lipinski definition) is 5. The molecule has 0 aliphatic carbocycles. The minimum Gasteiger partial charge on any atom is -0.495 e. The van der Waals surface area contributed by atoms with Crippen molar-refractivity contribution >= 4 is 39.5 Å². The Bertz CT molecular complexity index is 937. The number of rotatable bonds is 7.